The molecule has 0 radical (unpaired) electrons. The summed E-state index contributed by atoms with van der Waals surface area (Å²) in [5, 5.41) is 6.61. The Labute approximate surface area is 154 Å². The van der Waals surface area contributed by atoms with E-state index in [2.05, 4.69) is 24.5 Å². The van der Waals surface area contributed by atoms with Gasteiger partial charge in [0, 0.05) is 22.5 Å². The van der Waals surface area contributed by atoms with Crippen molar-refractivity contribution in [1.82, 2.24) is 0 Å². The fraction of sp³-hybridized carbons (Fsp3) is 0.350. The number of carbonyl (C=O) groups is 1. The van der Waals surface area contributed by atoms with Crippen LogP contribution in [0.2, 0.25) is 5.02 Å². The molecule has 0 bridgehead atoms. The molecule has 0 fully saturated rings. The van der Waals surface area contributed by atoms with Crippen LogP contribution in [0.25, 0.3) is 0 Å². The van der Waals surface area contributed by atoms with Gasteiger partial charge in [-0.2, -0.15) is 0 Å². The second-order valence-electron chi connectivity index (χ2n) is 6.42. The van der Waals surface area contributed by atoms with Gasteiger partial charge in [0.05, 0.1) is 13.2 Å². The summed E-state index contributed by atoms with van der Waals surface area (Å²) in [5.74, 6) is 1.23. The monoisotopic (exact) mass is 360 g/mol. The average molecular weight is 361 g/mol. The van der Waals surface area contributed by atoms with Gasteiger partial charge in [0.2, 0.25) is 5.91 Å². The number of hydrogen-bond donors (Lipinski definition) is 2. The van der Waals surface area contributed by atoms with Crippen LogP contribution in [0.1, 0.15) is 25.8 Å². The second kappa shape index (κ2) is 9.33. The van der Waals surface area contributed by atoms with E-state index in [0.717, 1.165) is 29.1 Å². The molecule has 0 saturated carbocycles. The molecule has 1 amide bonds. The first-order chi connectivity index (χ1) is 11.9. The quantitative estimate of drug-likeness (QED) is 0.686. The van der Waals surface area contributed by atoms with Crippen LogP contribution in [0.5, 0.6) is 5.75 Å². The Hall–Kier alpha value is -2.20. The second-order valence-corrected chi connectivity index (χ2v) is 6.83. The first-order valence-corrected chi connectivity index (χ1v) is 8.84. The van der Waals surface area contributed by atoms with Crippen molar-refractivity contribution in [1.29, 1.82) is 0 Å². The molecule has 0 aliphatic rings. The number of halogens is 1. The van der Waals surface area contributed by atoms with Gasteiger partial charge in [0.15, 0.2) is 0 Å². The van der Waals surface area contributed by atoms with E-state index in [9.17, 15) is 4.79 Å². The number of anilines is 2. The highest BCUT2D eigenvalue weighted by Gasteiger charge is 2.05. The fourth-order valence-electron chi connectivity index (χ4n) is 2.17. The van der Waals surface area contributed by atoms with Gasteiger partial charge in [0.1, 0.15) is 5.75 Å². The molecule has 0 aliphatic carbocycles. The van der Waals surface area contributed by atoms with Gasteiger partial charge in [-0.15, -0.1) is 0 Å². The molecule has 2 rings (SSSR count). The molecule has 2 aromatic rings. The number of amides is 1. The number of benzene rings is 2. The van der Waals surface area contributed by atoms with Gasteiger partial charge in [-0.3, -0.25) is 4.79 Å². The maximum Gasteiger partial charge on any atom is 0.243 e. The van der Waals surface area contributed by atoms with E-state index in [1.54, 1.807) is 0 Å². The van der Waals surface area contributed by atoms with E-state index in [-0.39, 0.29) is 12.5 Å². The normalized spacial score (nSPS) is 10.6. The Bertz CT molecular complexity index is 717. The summed E-state index contributed by atoms with van der Waals surface area (Å²) in [6.45, 7) is 7.10. The highest BCUT2D eigenvalue weighted by molar-refractivity contribution is 6.31. The molecule has 0 heterocycles. The zero-order valence-electron chi connectivity index (χ0n) is 14.9. The molecule has 134 valence electrons. The Kier molecular flexibility index (Phi) is 7.14. The minimum atomic E-state index is -0.129. The van der Waals surface area contributed by atoms with Gasteiger partial charge in [-0.05, 0) is 49.1 Å². The zero-order valence-corrected chi connectivity index (χ0v) is 15.7. The van der Waals surface area contributed by atoms with Crippen molar-refractivity contribution in [2.45, 2.75) is 27.2 Å². The van der Waals surface area contributed by atoms with Crippen molar-refractivity contribution in [2.75, 3.05) is 23.8 Å². The maximum absolute atomic E-state index is 12.1. The Morgan fingerprint density at radius 2 is 1.96 bits per heavy atom. The standard InChI is InChI=1S/C20H25ClN2O2/c1-14(2)9-10-25-18-6-4-5-17(11-18)23-20(24)13-22-16-8-7-15(3)19(21)12-16/h4-8,11-12,14,22H,9-10,13H2,1-3H3,(H,23,24). The lowest BCUT2D eigenvalue weighted by Gasteiger charge is -2.11. The van der Waals surface area contributed by atoms with Crippen LogP contribution in [0, 0.1) is 12.8 Å². The molecule has 2 aromatic carbocycles. The SMILES string of the molecule is Cc1ccc(NCC(=O)Nc2cccc(OCCC(C)C)c2)cc1Cl. The minimum Gasteiger partial charge on any atom is -0.494 e. The molecule has 0 aliphatic heterocycles. The van der Waals surface area contributed by atoms with E-state index >= 15 is 0 Å². The summed E-state index contributed by atoms with van der Waals surface area (Å²) >= 11 is 6.08. The number of carbonyl (C=O) groups excluding carboxylic acids is 1. The van der Waals surface area contributed by atoms with E-state index in [1.807, 2.05) is 49.4 Å². The van der Waals surface area contributed by atoms with Crippen LogP contribution < -0.4 is 15.4 Å². The molecule has 2 N–H and O–H groups in total. The number of rotatable bonds is 8. The lowest BCUT2D eigenvalue weighted by Crippen LogP contribution is -2.21. The first-order valence-electron chi connectivity index (χ1n) is 8.47. The Morgan fingerprint density at radius 3 is 2.68 bits per heavy atom. The summed E-state index contributed by atoms with van der Waals surface area (Å²) in [4.78, 5) is 12.1. The summed E-state index contributed by atoms with van der Waals surface area (Å²) in [7, 11) is 0. The molecular weight excluding hydrogens is 336 g/mol. The van der Waals surface area contributed by atoms with Crippen molar-refractivity contribution in [3.05, 3.63) is 53.1 Å². The lowest BCUT2D eigenvalue weighted by atomic mass is 10.1. The average Bonchev–Trinajstić information content (AvgIpc) is 2.56. The predicted octanol–water partition coefficient (Wildman–Crippen LogP) is 5.12. The Balaban J connectivity index is 1.84. The predicted molar refractivity (Wildman–Crippen MR) is 105 cm³/mol. The highest BCUT2D eigenvalue weighted by Crippen LogP contribution is 2.20. The van der Waals surface area contributed by atoms with Gasteiger partial charge in [-0.1, -0.05) is 37.6 Å². The fourth-order valence-corrected chi connectivity index (χ4v) is 2.35. The number of nitrogens with one attached hydrogen (secondary N) is 2. The molecule has 5 heteroatoms. The summed E-state index contributed by atoms with van der Waals surface area (Å²) in [5.41, 5.74) is 2.54. The van der Waals surface area contributed by atoms with Gasteiger partial charge in [-0.25, -0.2) is 0 Å². The van der Waals surface area contributed by atoms with Crippen LogP contribution in [-0.2, 0) is 4.79 Å². The maximum atomic E-state index is 12.1. The summed E-state index contributed by atoms with van der Waals surface area (Å²) in [6, 6.07) is 13.1. The smallest absolute Gasteiger partial charge is 0.243 e. The lowest BCUT2D eigenvalue weighted by molar-refractivity contribution is -0.114. The number of hydrogen-bond acceptors (Lipinski definition) is 3. The van der Waals surface area contributed by atoms with Gasteiger partial charge >= 0.3 is 0 Å². The van der Waals surface area contributed by atoms with E-state index in [0.29, 0.717) is 17.5 Å². The largest absolute Gasteiger partial charge is 0.494 e. The molecule has 25 heavy (non-hydrogen) atoms. The van der Waals surface area contributed by atoms with Crippen LogP contribution in [0.15, 0.2) is 42.5 Å². The van der Waals surface area contributed by atoms with E-state index in [1.165, 1.54) is 0 Å². The third-order valence-electron chi connectivity index (χ3n) is 3.71. The molecule has 0 aromatic heterocycles. The van der Waals surface area contributed by atoms with E-state index < -0.39 is 0 Å². The Morgan fingerprint density at radius 1 is 1.16 bits per heavy atom. The van der Waals surface area contributed by atoms with Crippen molar-refractivity contribution < 1.29 is 9.53 Å². The molecule has 0 unspecified atom stereocenters. The minimum absolute atomic E-state index is 0.129. The summed E-state index contributed by atoms with van der Waals surface area (Å²) in [6.07, 6.45) is 1.000. The van der Waals surface area contributed by atoms with Crippen LogP contribution in [0.4, 0.5) is 11.4 Å². The van der Waals surface area contributed by atoms with E-state index in [4.69, 9.17) is 16.3 Å². The number of ether oxygens (including phenoxy) is 1. The topological polar surface area (TPSA) is 50.4 Å². The van der Waals surface area contributed by atoms with Crippen molar-refractivity contribution in [2.24, 2.45) is 5.92 Å². The molecule has 0 spiro atoms. The van der Waals surface area contributed by atoms with Crippen molar-refractivity contribution in [3.63, 3.8) is 0 Å². The van der Waals surface area contributed by atoms with Gasteiger partial charge < -0.3 is 15.4 Å². The van der Waals surface area contributed by atoms with Crippen LogP contribution in [-0.4, -0.2) is 19.1 Å². The zero-order chi connectivity index (χ0) is 18.2. The van der Waals surface area contributed by atoms with Gasteiger partial charge in [0.25, 0.3) is 0 Å². The summed E-state index contributed by atoms with van der Waals surface area (Å²) < 4.78 is 5.71. The third-order valence-corrected chi connectivity index (χ3v) is 4.11. The van der Waals surface area contributed by atoms with Crippen molar-refractivity contribution >= 4 is 28.9 Å². The number of aryl methyl sites for hydroxylation is 1. The van der Waals surface area contributed by atoms with Crippen molar-refractivity contribution in [3.8, 4) is 5.75 Å². The molecule has 0 saturated heterocycles. The highest BCUT2D eigenvalue weighted by atomic mass is 35.5. The first kappa shape index (κ1) is 19.1. The van der Waals surface area contributed by atoms with Crippen LogP contribution in [0.3, 0.4) is 0 Å². The molecular formula is C20H25ClN2O2. The van der Waals surface area contributed by atoms with Crippen LogP contribution >= 0.6 is 11.6 Å². The molecule has 0 atom stereocenters. The third kappa shape index (κ3) is 6.67. The molecule has 4 nitrogen and oxygen atoms in total.